The van der Waals surface area contributed by atoms with Gasteiger partial charge >= 0.3 is 0 Å². The first-order valence-electron chi connectivity index (χ1n) is 9.47. The van der Waals surface area contributed by atoms with Crippen LogP contribution in [0.4, 0.5) is 11.4 Å². The van der Waals surface area contributed by atoms with E-state index in [-0.39, 0.29) is 11.8 Å². The van der Waals surface area contributed by atoms with E-state index in [0.717, 1.165) is 11.3 Å². The fourth-order valence-corrected chi connectivity index (χ4v) is 4.15. The Morgan fingerprint density at radius 2 is 2.17 bits per heavy atom. The second-order valence-electron chi connectivity index (χ2n) is 7.34. The van der Waals surface area contributed by atoms with Crippen LogP contribution in [0.15, 0.2) is 48.8 Å². The van der Waals surface area contributed by atoms with Crippen molar-refractivity contribution in [1.29, 1.82) is 0 Å². The monoisotopic (exact) mass is 405 g/mol. The van der Waals surface area contributed by atoms with Gasteiger partial charge < -0.3 is 20.7 Å². The summed E-state index contributed by atoms with van der Waals surface area (Å²) in [4.78, 5) is 25.8. The van der Waals surface area contributed by atoms with Gasteiger partial charge in [0.25, 0.3) is 0 Å². The quantitative estimate of drug-likeness (QED) is 0.588. The second kappa shape index (κ2) is 6.83. The largest absolute Gasteiger partial charge is 0.494 e. The van der Waals surface area contributed by atoms with E-state index in [2.05, 4.69) is 31.5 Å². The lowest BCUT2D eigenvalue weighted by molar-refractivity contribution is -0.125. The highest BCUT2D eigenvalue weighted by atomic mass is 16.5. The Bertz CT molecular complexity index is 1130. The van der Waals surface area contributed by atoms with E-state index in [0.29, 0.717) is 30.1 Å². The molecule has 2 amide bonds. The van der Waals surface area contributed by atoms with Crippen molar-refractivity contribution in [2.75, 3.05) is 24.3 Å². The van der Waals surface area contributed by atoms with E-state index in [4.69, 9.17) is 4.74 Å². The molecule has 0 bridgehead atoms. The average molecular weight is 405 g/mol. The molecule has 3 heterocycles. The molecule has 2 atom stereocenters. The number of carbonyl (C=O) groups excluding carboxylic acids is 2. The summed E-state index contributed by atoms with van der Waals surface area (Å²) in [6.45, 7) is 0.478. The molecule has 0 aliphatic carbocycles. The van der Waals surface area contributed by atoms with Crippen LogP contribution in [0.25, 0.3) is 5.69 Å². The number of para-hydroxylation sites is 1. The van der Waals surface area contributed by atoms with Crippen molar-refractivity contribution in [3.05, 3.63) is 54.4 Å². The predicted molar refractivity (Wildman–Crippen MR) is 107 cm³/mol. The summed E-state index contributed by atoms with van der Waals surface area (Å²) in [5.41, 5.74) is 2.33. The molecule has 2 aromatic carbocycles. The van der Waals surface area contributed by atoms with Gasteiger partial charge in [0.05, 0.1) is 23.9 Å². The van der Waals surface area contributed by atoms with Gasteiger partial charge in [-0.1, -0.05) is 18.2 Å². The van der Waals surface area contributed by atoms with Gasteiger partial charge in [0, 0.05) is 18.3 Å². The zero-order chi connectivity index (χ0) is 20.7. The number of carbonyl (C=O) groups is 2. The third-order valence-corrected chi connectivity index (χ3v) is 5.69. The summed E-state index contributed by atoms with van der Waals surface area (Å²) in [6.07, 6.45) is 1.85. The number of methoxy groups -OCH3 is 1. The number of benzene rings is 2. The molecule has 10 nitrogen and oxygen atoms in total. The molecule has 1 spiro atoms. The molecule has 2 aliphatic rings. The Hall–Kier alpha value is -3.95. The number of anilines is 2. The van der Waals surface area contributed by atoms with Crippen LogP contribution < -0.4 is 20.7 Å². The predicted octanol–water partition coefficient (Wildman–Crippen LogP) is 0.861. The van der Waals surface area contributed by atoms with Crippen LogP contribution in [0, 0.1) is 0 Å². The lowest BCUT2D eigenvalue weighted by Crippen LogP contribution is -2.39. The Morgan fingerprint density at radius 1 is 1.30 bits per heavy atom. The minimum Gasteiger partial charge on any atom is -0.494 e. The molecule has 0 radical (unpaired) electrons. The fourth-order valence-electron chi connectivity index (χ4n) is 4.15. The van der Waals surface area contributed by atoms with Crippen LogP contribution >= 0.6 is 0 Å². The van der Waals surface area contributed by atoms with E-state index < -0.39 is 11.5 Å². The van der Waals surface area contributed by atoms with Crippen molar-refractivity contribution < 1.29 is 14.3 Å². The van der Waals surface area contributed by atoms with Crippen molar-refractivity contribution in [1.82, 2.24) is 25.5 Å². The topological polar surface area (TPSA) is 123 Å². The lowest BCUT2D eigenvalue weighted by atomic mass is 9.79. The number of rotatable bonds is 4. The number of amides is 2. The number of fused-ring (bicyclic) bond motifs is 2. The zero-order valence-electron chi connectivity index (χ0n) is 16.1. The first kappa shape index (κ1) is 18.1. The molecule has 10 heteroatoms. The molecule has 3 N–H and O–H groups in total. The number of tetrazole rings is 1. The molecule has 2 unspecified atom stereocenters. The van der Waals surface area contributed by atoms with Gasteiger partial charge in [-0.3, -0.25) is 9.59 Å². The summed E-state index contributed by atoms with van der Waals surface area (Å²) < 4.78 is 6.90. The van der Waals surface area contributed by atoms with Crippen molar-refractivity contribution in [2.24, 2.45) is 0 Å². The standard InChI is InChI=1S/C20H19N7O3/c1-30-17-8-12(27-11-22-25-26-27)6-7-15(17)23-18(28)16-9-20(19(29)24-16)10-21-14-5-3-2-4-13(14)20/h2-8,11,16,21H,9-10H2,1H3,(H,23,28)(H,24,29). The molecule has 152 valence electrons. The summed E-state index contributed by atoms with van der Waals surface area (Å²) in [7, 11) is 1.52. The third-order valence-electron chi connectivity index (χ3n) is 5.69. The zero-order valence-corrected chi connectivity index (χ0v) is 16.1. The molecule has 1 aromatic heterocycles. The molecule has 2 aliphatic heterocycles. The van der Waals surface area contributed by atoms with Gasteiger partial charge in [0.1, 0.15) is 18.1 Å². The molecule has 1 saturated heterocycles. The number of hydrogen-bond acceptors (Lipinski definition) is 7. The molecule has 0 saturated carbocycles. The molecule has 30 heavy (non-hydrogen) atoms. The van der Waals surface area contributed by atoms with Gasteiger partial charge in [-0.05, 0) is 40.6 Å². The van der Waals surface area contributed by atoms with Gasteiger partial charge in [-0.15, -0.1) is 5.10 Å². The van der Waals surface area contributed by atoms with Gasteiger partial charge in [0.15, 0.2) is 0 Å². The maximum absolute atomic E-state index is 13.0. The highest BCUT2D eigenvalue weighted by molar-refractivity contribution is 6.04. The highest BCUT2D eigenvalue weighted by Gasteiger charge is 2.53. The number of hydrogen-bond donors (Lipinski definition) is 3. The Balaban J connectivity index is 1.36. The Kier molecular flexibility index (Phi) is 4.12. The molecular weight excluding hydrogens is 386 g/mol. The van der Waals surface area contributed by atoms with E-state index in [1.54, 1.807) is 18.2 Å². The first-order chi connectivity index (χ1) is 14.6. The number of ether oxygens (including phenoxy) is 1. The summed E-state index contributed by atoms with van der Waals surface area (Å²) in [5, 5.41) is 20.1. The minimum absolute atomic E-state index is 0.138. The maximum Gasteiger partial charge on any atom is 0.247 e. The molecular formula is C20H19N7O3. The van der Waals surface area contributed by atoms with Crippen LogP contribution in [0.5, 0.6) is 5.75 Å². The van der Waals surface area contributed by atoms with Crippen LogP contribution in [0.3, 0.4) is 0 Å². The summed E-state index contributed by atoms with van der Waals surface area (Å²) in [5.74, 6) is 0.0300. The van der Waals surface area contributed by atoms with Crippen molar-refractivity contribution in [3.63, 3.8) is 0 Å². The molecule has 3 aromatic rings. The van der Waals surface area contributed by atoms with E-state index in [1.807, 2.05) is 24.3 Å². The maximum atomic E-state index is 13.0. The van der Waals surface area contributed by atoms with Crippen molar-refractivity contribution in [3.8, 4) is 11.4 Å². The normalized spacial score (nSPS) is 21.8. The molecule has 1 fully saturated rings. The Morgan fingerprint density at radius 3 is 2.97 bits per heavy atom. The van der Waals surface area contributed by atoms with Crippen LogP contribution in [-0.4, -0.2) is 51.7 Å². The van der Waals surface area contributed by atoms with E-state index >= 15 is 0 Å². The average Bonchev–Trinajstić information content (AvgIpc) is 3.50. The number of nitrogens with one attached hydrogen (secondary N) is 3. The lowest BCUT2D eigenvalue weighted by Gasteiger charge is -2.19. The van der Waals surface area contributed by atoms with Gasteiger partial charge in [0.2, 0.25) is 11.8 Å². The van der Waals surface area contributed by atoms with Crippen LogP contribution in [0.1, 0.15) is 12.0 Å². The first-order valence-corrected chi connectivity index (χ1v) is 9.47. The highest BCUT2D eigenvalue weighted by Crippen LogP contribution is 2.43. The van der Waals surface area contributed by atoms with Crippen molar-refractivity contribution >= 4 is 23.2 Å². The summed E-state index contributed by atoms with van der Waals surface area (Å²) >= 11 is 0. The van der Waals surface area contributed by atoms with E-state index in [9.17, 15) is 9.59 Å². The van der Waals surface area contributed by atoms with E-state index in [1.165, 1.54) is 18.1 Å². The Labute approximate surface area is 171 Å². The smallest absolute Gasteiger partial charge is 0.247 e. The number of nitrogens with zero attached hydrogens (tertiary/aromatic N) is 4. The molecule has 5 rings (SSSR count). The summed E-state index contributed by atoms with van der Waals surface area (Å²) in [6, 6.07) is 12.3. The van der Waals surface area contributed by atoms with Gasteiger partial charge in [-0.25, -0.2) is 4.68 Å². The van der Waals surface area contributed by atoms with Crippen LogP contribution in [-0.2, 0) is 15.0 Å². The van der Waals surface area contributed by atoms with Crippen LogP contribution in [0.2, 0.25) is 0 Å². The second-order valence-corrected chi connectivity index (χ2v) is 7.34. The fraction of sp³-hybridized carbons (Fsp3) is 0.250. The SMILES string of the molecule is COc1cc(-n2cnnn2)ccc1NC(=O)C1CC2(CNc3ccccc32)C(=O)N1. The van der Waals surface area contributed by atoms with Gasteiger partial charge in [-0.2, -0.15) is 0 Å². The minimum atomic E-state index is -0.730. The third kappa shape index (κ3) is 2.76. The number of aromatic nitrogens is 4. The van der Waals surface area contributed by atoms with Crippen molar-refractivity contribution in [2.45, 2.75) is 17.9 Å².